The maximum atomic E-state index is 13.7. The van der Waals surface area contributed by atoms with Crippen LogP contribution >= 0.6 is 11.6 Å². The molecule has 0 aliphatic heterocycles. The number of methoxy groups -OCH3 is 1. The number of nitrogens with zero attached hydrogens (tertiary/aromatic N) is 1. The summed E-state index contributed by atoms with van der Waals surface area (Å²) in [5, 5.41) is 0.365. The first-order valence-corrected chi connectivity index (χ1v) is 12.4. The van der Waals surface area contributed by atoms with Crippen molar-refractivity contribution in [2.45, 2.75) is 37.0 Å². The fourth-order valence-corrected chi connectivity index (χ4v) is 5.45. The molecule has 3 aromatic carbocycles. The van der Waals surface area contributed by atoms with E-state index in [0.29, 0.717) is 28.1 Å². The molecule has 3 aromatic rings. The van der Waals surface area contributed by atoms with E-state index in [9.17, 15) is 26.4 Å². The Morgan fingerprint density at radius 2 is 1.54 bits per heavy atom. The molecule has 0 bridgehead atoms. The van der Waals surface area contributed by atoms with Crippen LogP contribution in [0.3, 0.4) is 0 Å². The average molecular weight is 526 g/mol. The third-order valence-electron chi connectivity index (χ3n) is 5.49. The van der Waals surface area contributed by atoms with E-state index in [1.54, 1.807) is 19.1 Å². The molecule has 0 N–H and O–H groups in total. The lowest BCUT2D eigenvalue weighted by Crippen LogP contribution is -2.34. The fraction of sp³-hybridized carbons (Fsp3) is 0.240. The Morgan fingerprint density at radius 1 is 0.971 bits per heavy atom. The number of halogens is 4. The van der Waals surface area contributed by atoms with E-state index in [-0.39, 0.29) is 11.4 Å². The predicted octanol–water partition coefficient (Wildman–Crippen LogP) is 6.49. The van der Waals surface area contributed by atoms with E-state index in [2.05, 4.69) is 4.74 Å². The maximum absolute atomic E-state index is 13.7. The summed E-state index contributed by atoms with van der Waals surface area (Å²) in [5.74, 6) is -0.529. The Morgan fingerprint density at radius 3 is 2.03 bits per heavy atom. The van der Waals surface area contributed by atoms with Crippen LogP contribution < -0.4 is 0 Å². The highest BCUT2D eigenvalue weighted by Crippen LogP contribution is 2.35. The van der Waals surface area contributed by atoms with E-state index < -0.39 is 33.8 Å². The highest BCUT2D eigenvalue weighted by Gasteiger charge is 2.34. The minimum absolute atomic E-state index is 0.00144. The first-order valence-electron chi connectivity index (χ1n) is 10.6. The summed E-state index contributed by atoms with van der Waals surface area (Å²) in [6, 6.07) is 15.6. The molecular weight excluding hydrogens is 503 g/mol. The average Bonchev–Trinajstić information content (AvgIpc) is 2.84. The number of rotatable bonds is 8. The lowest BCUT2D eigenvalue weighted by Gasteiger charge is -2.31. The zero-order valence-corrected chi connectivity index (χ0v) is 20.5. The number of esters is 1. The topological polar surface area (TPSA) is 63.7 Å². The van der Waals surface area contributed by atoms with Crippen LogP contribution in [0, 0.1) is 0 Å². The monoisotopic (exact) mass is 525 g/mol. The van der Waals surface area contributed by atoms with Crippen molar-refractivity contribution in [2.24, 2.45) is 0 Å². The summed E-state index contributed by atoms with van der Waals surface area (Å²) in [7, 11) is -2.83. The van der Waals surface area contributed by atoms with E-state index >= 15 is 0 Å². The van der Waals surface area contributed by atoms with Gasteiger partial charge in [-0.05, 0) is 66.1 Å². The van der Waals surface area contributed by atoms with Gasteiger partial charge in [0.2, 0.25) is 10.0 Å². The number of carbonyl (C=O) groups excluding carboxylic acids is 1. The van der Waals surface area contributed by atoms with Crippen LogP contribution in [0.15, 0.2) is 77.7 Å². The summed E-state index contributed by atoms with van der Waals surface area (Å²) < 4.78 is 72.5. The summed E-state index contributed by atoms with van der Waals surface area (Å²) >= 11 is 5.92. The normalized spacial score (nSPS) is 13.0. The second-order valence-electron chi connectivity index (χ2n) is 7.74. The molecule has 0 saturated heterocycles. The van der Waals surface area contributed by atoms with Gasteiger partial charge < -0.3 is 4.74 Å². The Labute approximate surface area is 207 Å². The molecule has 35 heavy (non-hydrogen) atoms. The van der Waals surface area contributed by atoms with Gasteiger partial charge in [0.15, 0.2) is 0 Å². The van der Waals surface area contributed by atoms with E-state index in [1.165, 1.54) is 59.9 Å². The quantitative estimate of drug-likeness (QED) is 0.315. The molecule has 0 radical (unpaired) electrons. The SMILES string of the molecule is CCC(c1ccc(C(F)(F)F)cc1)N(Cc1ccc(C(=O)OC)cc1)S(=O)(=O)c1ccc(Cl)cc1. The van der Waals surface area contributed by atoms with Crippen molar-refractivity contribution in [1.29, 1.82) is 0 Å². The minimum Gasteiger partial charge on any atom is -0.465 e. The van der Waals surface area contributed by atoms with Crippen LogP contribution in [-0.4, -0.2) is 25.8 Å². The summed E-state index contributed by atoms with van der Waals surface area (Å²) in [6.07, 6.45) is -4.20. The van der Waals surface area contributed by atoms with Gasteiger partial charge >= 0.3 is 12.1 Å². The summed E-state index contributed by atoms with van der Waals surface area (Å²) in [6.45, 7) is 1.68. The molecule has 0 fully saturated rings. The van der Waals surface area contributed by atoms with Gasteiger partial charge in [0, 0.05) is 11.6 Å². The Bertz CT molecular complexity index is 1260. The number of sulfonamides is 1. The van der Waals surface area contributed by atoms with Gasteiger partial charge in [0.05, 0.1) is 29.2 Å². The van der Waals surface area contributed by atoms with Crippen molar-refractivity contribution < 1.29 is 31.1 Å². The zero-order valence-electron chi connectivity index (χ0n) is 18.9. The van der Waals surface area contributed by atoms with Crippen molar-refractivity contribution in [1.82, 2.24) is 4.31 Å². The molecule has 3 rings (SSSR count). The largest absolute Gasteiger partial charge is 0.465 e. The van der Waals surface area contributed by atoms with Crippen molar-refractivity contribution in [3.8, 4) is 0 Å². The van der Waals surface area contributed by atoms with Gasteiger partial charge in [-0.2, -0.15) is 17.5 Å². The van der Waals surface area contributed by atoms with Crippen LogP contribution in [0.4, 0.5) is 13.2 Å². The predicted molar refractivity (Wildman–Crippen MR) is 126 cm³/mol. The third-order valence-corrected chi connectivity index (χ3v) is 7.61. The zero-order chi connectivity index (χ0) is 25.8. The molecular formula is C25H23ClF3NO4S. The number of alkyl halides is 3. The highest BCUT2D eigenvalue weighted by atomic mass is 35.5. The van der Waals surface area contributed by atoms with E-state index in [0.717, 1.165) is 12.1 Å². The first-order chi connectivity index (χ1) is 16.5. The van der Waals surface area contributed by atoms with Crippen LogP contribution in [0.25, 0.3) is 0 Å². The first kappa shape index (κ1) is 26.7. The molecule has 0 aliphatic rings. The second-order valence-corrected chi connectivity index (χ2v) is 10.1. The Hall–Kier alpha value is -2.88. The molecule has 10 heteroatoms. The molecule has 5 nitrogen and oxygen atoms in total. The standard InChI is InChI=1S/C25H23ClF3NO4S/c1-3-23(18-8-10-20(11-9-18)25(27,28)29)30(35(32,33)22-14-12-21(26)13-15-22)16-17-4-6-19(7-5-17)24(31)34-2/h4-15,23H,3,16H2,1-2H3. The molecule has 0 aliphatic carbocycles. The molecule has 0 spiro atoms. The van der Waals surface area contributed by atoms with Gasteiger partial charge in [0.25, 0.3) is 0 Å². The minimum atomic E-state index is -4.50. The van der Waals surface area contributed by atoms with Crippen molar-refractivity contribution in [2.75, 3.05) is 7.11 Å². The summed E-state index contributed by atoms with van der Waals surface area (Å²) in [4.78, 5) is 11.7. The van der Waals surface area contributed by atoms with Gasteiger partial charge in [-0.25, -0.2) is 13.2 Å². The smallest absolute Gasteiger partial charge is 0.416 e. The maximum Gasteiger partial charge on any atom is 0.416 e. The number of benzene rings is 3. The van der Waals surface area contributed by atoms with Crippen LogP contribution in [0.1, 0.15) is 46.4 Å². The molecule has 1 atom stereocenters. The highest BCUT2D eigenvalue weighted by molar-refractivity contribution is 7.89. The summed E-state index contributed by atoms with van der Waals surface area (Å²) in [5.41, 5.74) is 0.490. The number of carbonyl (C=O) groups is 1. The number of hydrogen-bond acceptors (Lipinski definition) is 4. The van der Waals surface area contributed by atoms with Crippen molar-refractivity contribution >= 4 is 27.6 Å². The molecule has 1 unspecified atom stereocenters. The molecule has 0 saturated carbocycles. The van der Waals surface area contributed by atoms with E-state index in [4.69, 9.17) is 11.6 Å². The number of ether oxygens (including phenoxy) is 1. The van der Waals surface area contributed by atoms with Crippen molar-refractivity contribution in [3.05, 3.63) is 100 Å². The Kier molecular flexibility index (Phi) is 8.25. The van der Waals surface area contributed by atoms with Gasteiger partial charge in [-0.1, -0.05) is 42.8 Å². The lowest BCUT2D eigenvalue weighted by atomic mass is 10.0. The Balaban J connectivity index is 2.05. The third kappa shape index (κ3) is 6.22. The van der Waals surface area contributed by atoms with Crippen LogP contribution in [0.5, 0.6) is 0 Å². The molecule has 0 aromatic heterocycles. The lowest BCUT2D eigenvalue weighted by molar-refractivity contribution is -0.137. The van der Waals surface area contributed by atoms with Crippen molar-refractivity contribution in [3.63, 3.8) is 0 Å². The molecule has 0 heterocycles. The van der Waals surface area contributed by atoms with Crippen LogP contribution in [-0.2, 0) is 27.5 Å². The van der Waals surface area contributed by atoms with Crippen LogP contribution in [0.2, 0.25) is 5.02 Å². The van der Waals surface area contributed by atoms with Gasteiger partial charge in [-0.3, -0.25) is 0 Å². The van der Waals surface area contributed by atoms with E-state index in [1.807, 2.05) is 0 Å². The van der Waals surface area contributed by atoms with Gasteiger partial charge in [0.1, 0.15) is 0 Å². The number of hydrogen-bond donors (Lipinski definition) is 0. The molecule has 186 valence electrons. The van der Waals surface area contributed by atoms with Gasteiger partial charge in [-0.15, -0.1) is 0 Å². The molecule has 0 amide bonds. The second kappa shape index (κ2) is 10.8. The fourth-order valence-electron chi connectivity index (χ4n) is 3.65.